The smallest absolute Gasteiger partial charge is 0.475 e. The number of ether oxygens (including phenoxy) is 1. The van der Waals surface area contributed by atoms with E-state index in [4.69, 9.17) is 34.4 Å². The Morgan fingerprint density at radius 2 is 1.38 bits per heavy atom. The van der Waals surface area contributed by atoms with Crippen molar-refractivity contribution < 1.29 is 74.0 Å². The molecule has 2 aliphatic heterocycles. The van der Waals surface area contributed by atoms with E-state index in [1.54, 1.807) is 12.4 Å². The van der Waals surface area contributed by atoms with Gasteiger partial charge in [0.25, 0.3) is 0 Å². The topological polar surface area (TPSA) is 180 Å². The molecule has 0 amide bonds. The Kier molecular flexibility index (Phi) is 14.4. The Bertz CT molecular complexity index is 1170. The van der Waals surface area contributed by atoms with Crippen LogP contribution >= 0.6 is 0 Å². The minimum atomic E-state index is -5.08. The quantitative estimate of drug-likeness (QED) is 0.342. The molecule has 2 aliphatic rings. The molecule has 2 aromatic heterocycles. The van der Waals surface area contributed by atoms with Crippen LogP contribution in [0.2, 0.25) is 0 Å². The van der Waals surface area contributed by atoms with Crippen LogP contribution in [-0.4, -0.2) is 109 Å². The van der Waals surface area contributed by atoms with Crippen LogP contribution in [0.5, 0.6) is 0 Å². The van der Waals surface area contributed by atoms with E-state index >= 15 is 0 Å². The molecule has 4 rings (SSSR count). The number of rotatable bonds is 5. The van der Waals surface area contributed by atoms with Gasteiger partial charge in [-0.15, -0.1) is 0 Å². The van der Waals surface area contributed by atoms with E-state index in [2.05, 4.69) is 36.8 Å². The largest absolute Gasteiger partial charge is 0.490 e. The maximum Gasteiger partial charge on any atom is 0.490 e. The number of imidazole rings is 1. The van der Waals surface area contributed by atoms with E-state index in [0.717, 1.165) is 38.6 Å². The summed E-state index contributed by atoms with van der Waals surface area (Å²) in [6, 6.07) is 1.82. The van der Waals surface area contributed by atoms with Crippen LogP contribution in [0.15, 0.2) is 30.9 Å². The van der Waals surface area contributed by atoms with Gasteiger partial charge in [0.15, 0.2) is 0 Å². The number of carboxylic acids is 3. The monoisotopic (exact) mass is 670 g/mol. The zero-order valence-corrected chi connectivity index (χ0v) is 23.0. The standard InChI is InChI=1S/C17H24N6O.3C2HF3O2/c1-22-8-6-18-16(22)11-23-7-3-13-12-24-15(14(13)10-23)9-21-17-19-4-2-5-20-17;3*3-2(4,5)1(6)7/h2,4-6,8,13-15H,3,7,9-12H2,1H3,(H,19,20,21);3*(H,6,7)/t13-,14-,15+;;;/m0.../s1. The lowest BCUT2D eigenvalue weighted by Gasteiger charge is -2.35. The summed E-state index contributed by atoms with van der Waals surface area (Å²) < 4.78 is 103. The molecule has 0 aromatic carbocycles. The van der Waals surface area contributed by atoms with Gasteiger partial charge in [0.2, 0.25) is 5.95 Å². The number of piperidine rings is 1. The normalized spacial score (nSPS) is 19.7. The fourth-order valence-electron chi connectivity index (χ4n) is 3.78. The molecule has 2 fully saturated rings. The number of aliphatic carboxylic acids is 3. The van der Waals surface area contributed by atoms with Crippen LogP contribution in [0.4, 0.5) is 45.5 Å². The van der Waals surface area contributed by atoms with Gasteiger partial charge in [-0.25, -0.2) is 29.3 Å². The molecule has 4 heterocycles. The van der Waals surface area contributed by atoms with Crippen molar-refractivity contribution in [2.45, 2.75) is 37.6 Å². The molecule has 0 radical (unpaired) electrons. The Balaban J connectivity index is 0.000000396. The zero-order chi connectivity index (χ0) is 34.6. The maximum atomic E-state index is 10.6. The number of alkyl halides is 9. The van der Waals surface area contributed by atoms with Gasteiger partial charge in [-0.3, -0.25) is 4.90 Å². The molecule has 0 bridgehead atoms. The van der Waals surface area contributed by atoms with Gasteiger partial charge >= 0.3 is 36.4 Å². The Hall–Kier alpha value is -4.21. The Morgan fingerprint density at radius 3 is 1.80 bits per heavy atom. The first kappa shape index (κ1) is 38.8. The van der Waals surface area contributed by atoms with Crippen LogP contribution in [0, 0.1) is 11.8 Å². The average molecular weight is 670 g/mol. The highest BCUT2D eigenvalue weighted by molar-refractivity contribution is 5.73. The first-order chi connectivity index (χ1) is 20.6. The minimum absolute atomic E-state index is 0.225. The number of nitrogens with one attached hydrogen (secondary N) is 1. The summed E-state index contributed by atoms with van der Waals surface area (Å²) in [6.07, 6.45) is -6.44. The third kappa shape index (κ3) is 14.4. The minimum Gasteiger partial charge on any atom is -0.475 e. The summed E-state index contributed by atoms with van der Waals surface area (Å²) in [5.41, 5.74) is 0. The molecule has 0 aliphatic carbocycles. The number of fused-ring (bicyclic) bond motifs is 1. The third-order valence-electron chi connectivity index (χ3n) is 5.93. The van der Waals surface area contributed by atoms with Crippen molar-refractivity contribution >= 4 is 23.9 Å². The summed E-state index contributed by atoms with van der Waals surface area (Å²) in [6.45, 7) is 4.75. The van der Waals surface area contributed by atoms with Crippen molar-refractivity contribution in [2.24, 2.45) is 18.9 Å². The maximum absolute atomic E-state index is 10.6. The molecule has 22 heteroatoms. The van der Waals surface area contributed by atoms with Gasteiger partial charge in [0.05, 0.1) is 19.3 Å². The average Bonchev–Trinajstić information content (AvgIpc) is 3.52. The van der Waals surface area contributed by atoms with Crippen LogP contribution in [0.3, 0.4) is 0 Å². The predicted molar refractivity (Wildman–Crippen MR) is 131 cm³/mol. The van der Waals surface area contributed by atoms with E-state index in [-0.39, 0.29) is 6.10 Å². The van der Waals surface area contributed by atoms with Gasteiger partial charge in [0, 0.05) is 50.8 Å². The number of hydrogen-bond acceptors (Lipinski definition) is 9. The van der Waals surface area contributed by atoms with Crippen LogP contribution < -0.4 is 5.32 Å². The van der Waals surface area contributed by atoms with E-state index in [9.17, 15) is 39.5 Å². The lowest BCUT2D eigenvalue weighted by Crippen LogP contribution is -2.43. The summed E-state index contributed by atoms with van der Waals surface area (Å²) in [5, 5.41) is 24.7. The first-order valence-corrected chi connectivity index (χ1v) is 12.3. The Morgan fingerprint density at radius 1 is 0.889 bits per heavy atom. The molecule has 0 spiro atoms. The number of nitrogens with zero attached hydrogens (tertiary/aromatic N) is 5. The summed E-state index contributed by atoms with van der Waals surface area (Å²) in [4.78, 5) is 42.1. The highest BCUT2D eigenvalue weighted by atomic mass is 19.4. The summed E-state index contributed by atoms with van der Waals surface area (Å²) in [5.74, 6) is -5.24. The number of carboxylic acid groups (broad SMARTS) is 3. The van der Waals surface area contributed by atoms with E-state index in [1.807, 2.05) is 18.5 Å². The van der Waals surface area contributed by atoms with Gasteiger partial charge in [-0.2, -0.15) is 39.5 Å². The molecular weight excluding hydrogens is 643 g/mol. The molecule has 2 aromatic rings. The molecule has 254 valence electrons. The molecule has 2 saturated heterocycles. The van der Waals surface area contributed by atoms with Crippen LogP contribution in [-0.2, 0) is 32.7 Å². The predicted octanol–water partition coefficient (Wildman–Crippen LogP) is 3.06. The highest BCUT2D eigenvalue weighted by Gasteiger charge is 2.41. The molecule has 4 N–H and O–H groups in total. The van der Waals surface area contributed by atoms with Crippen molar-refractivity contribution in [1.82, 2.24) is 24.4 Å². The van der Waals surface area contributed by atoms with Crippen molar-refractivity contribution in [2.75, 3.05) is 31.6 Å². The Labute approximate surface area is 247 Å². The lowest BCUT2D eigenvalue weighted by atomic mass is 9.84. The van der Waals surface area contributed by atoms with Crippen molar-refractivity contribution in [3.05, 3.63) is 36.7 Å². The SMILES string of the molecule is Cn1ccnc1CN1CC[C@H]2CO[C@H](CNc3ncccn3)[C@H]2C1.O=C(O)C(F)(F)F.O=C(O)C(F)(F)F.O=C(O)C(F)(F)F. The van der Waals surface area contributed by atoms with Crippen molar-refractivity contribution in [3.63, 3.8) is 0 Å². The van der Waals surface area contributed by atoms with Gasteiger partial charge in [-0.1, -0.05) is 0 Å². The number of halogens is 9. The molecule has 3 atom stereocenters. The molecular formula is C23H27F9N6O7. The van der Waals surface area contributed by atoms with Crippen molar-refractivity contribution in [3.8, 4) is 0 Å². The van der Waals surface area contributed by atoms with E-state index < -0.39 is 36.4 Å². The second-order valence-electron chi connectivity index (χ2n) is 9.14. The second kappa shape index (κ2) is 16.7. The molecule has 13 nitrogen and oxygen atoms in total. The number of likely N-dealkylation sites (tertiary alicyclic amines) is 1. The summed E-state index contributed by atoms with van der Waals surface area (Å²) in [7, 11) is 2.06. The molecule has 0 unspecified atom stereocenters. The molecule has 45 heavy (non-hydrogen) atoms. The van der Waals surface area contributed by atoms with Gasteiger partial charge < -0.3 is 29.9 Å². The number of carbonyl (C=O) groups is 3. The van der Waals surface area contributed by atoms with E-state index in [1.165, 1.54) is 6.42 Å². The first-order valence-electron chi connectivity index (χ1n) is 12.3. The number of anilines is 1. The summed E-state index contributed by atoms with van der Waals surface area (Å²) >= 11 is 0. The number of aryl methyl sites for hydroxylation is 1. The number of hydrogen-bond donors (Lipinski definition) is 4. The van der Waals surface area contributed by atoms with Crippen LogP contribution in [0.1, 0.15) is 12.2 Å². The van der Waals surface area contributed by atoms with E-state index in [0.29, 0.717) is 17.8 Å². The zero-order valence-electron chi connectivity index (χ0n) is 23.0. The van der Waals surface area contributed by atoms with Gasteiger partial charge in [-0.05, 0) is 24.9 Å². The fraction of sp³-hybridized carbons (Fsp3) is 0.565. The third-order valence-corrected chi connectivity index (χ3v) is 5.93. The molecule has 0 saturated carbocycles. The second-order valence-corrected chi connectivity index (χ2v) is 9.14. The highest BCUT2D eigenvalue weighted by Crippen LogP contribution is 2.34. The van der Waals surface area contributed by atoms with Crippen molar-refractivity contribution in [1.29, 1.82) is 0 Å². The van der Waals surface area contributed by atoms with Crippen LogP contribution in [0.25, 0.3) is 0 Å². The van der Waals surface area contributed by atoms with Gasteiger partial charge in [0.1, 0.15) is 5.82 Å². The number of aromatic nitrogens is 4. The fourth-order valence-corrected chi connectivity index (χ4v) is 3.78. The lowest BCUT2D eigenvalue weighted by molar-refractivity contribution is -0.193.